The molecule has 1 rings (SSSR count). The molecular weight excluding hydrogens is 210 g/mol. The summed E-state index contributed by atoms with van der Waals surface area (Å²) in [4.78, 5) is 2.32. The second kappa shape index (κ2) is 6.37. The fourth-order valence-corrected chi connectivity index (χ4v) is 2.28. The van der Waals surface area contributed by atoms with Gasteiger partial charge in [-0.3, -0.25) is 5.32 Å². The molecule has 98 valence electrons. The molecule has 3 nitrogen and oxygen atoms in total. The summed E-state index contributed by atoms with van der Waals surface area (Å²) >= 11 is 0. The number of nitriles is 1. The molecule has 0 aliphatic heterocycles. The third-order valence-electron chi connectivity index (χ3n) is 4.01. The summed E-state index contributed by atoms with van der Waals surface area (Å²) in [7, 11) is 2.14. The van der Waals surface area contributed by atoms with Crippen LogP contribution in [-0.4, -0.2) is 36.6 Å². The van der Waals surface area contributed by atoms with Crippen molar-refractivity contribution in [2.24, 2.45) is 5.92 Å². The van der Waals surface area contributed by atoms with Crippen molar-refractivity contribution in [2.75, 3.05) is 20.1 Å². The molecule has 0 spiro atoms. The highest BCUT2D eigenvalue weighted by Gasteiger charge is 2.46. The normalized spacial score (nSPS) is 20.9. The van der Waals surface area contributed by atoms with Crippen LogP contribution in [0.1, 0.15) is 46.5 Å². The number of nitrogens with one attached hydrogen (secondary N) is 1. The largest absolute Gasteiger partial charge is 0.301 e. The fraction of sp³-hybridized carbons (Fsp3) is 0.929. The van der Waals surface area contributed by atoms with E-state index in [1.807, 2.05) is 0 Å². The average molecular weight is 237 g/mol. The maximum atomic E-state index is 9.58. The number of hydrogen-bond donors (Lipinski definition) is 1. The van der Waals surface area contributed by atoms with Crippen LogP contribution in [0.5, 0.6) is 0 Å². The van der Waals surface area contributed by atoms with Crippen LogP contribution in [0.2, 0.25) is 0 Å². The van der Waals surface area contributed by atoms with E-state index in [-0.39, 0.29) is 5.54 Å². The molecule has 0 aromatic rings. The van der Waals surface area contributed by atoms with Gasteiger partial charge in [-0.05, 0) is 52.1 Å². The molecule has 0 bridgehead atoms. The Bertz CT molecular complexity index is 267. The fourth-order valence-electron chi connectivity index (χ4n) is 2.28. The minimum absolute atomic E-state index is 0.311. The van der Waals surface area contributed by atoms with Crippen LogP contribution >= 0.6 is 0 Å². The van der Waals surface area contributed by atoms with Gasteiger partial charge in [0, 0.05) is 12.6 Å². The summed E-state index contributed by atoms with van der Waals surface area (Å²) in [6.07, 6.45) is 4.64. The lowest BCUT2D eigenvalue weighted by atomic mass is 9.93. The molecule has 2 unspecified atom stereocenters. The minimum atomic E-state index is -0.311. The molecular formula is C14H27N3. The Kier molecular flexibility index (Phi) is 5.42. The molecule has 1 N–H and O–H groups in total. The Balaban J connectivity index is 2.66. The van der Waals surface area contributed by atoms with Gasteiger partial charge in [0.1, 0.15) is 5.54 Å². The second-order valence-corrected chi connectivity index (χ2v) is 5.46. The summed E-state index contributed by atoms with van der Waals surface area (Å²) in [5.74, 6) is 0.561. The molecule has 0 saturated heterocycles. The smallest absolute Gasteiger partial charge is 0.122 e. The first-order valence-electron chi connectivity index (χ1n) is 6.96. The Morgan fingerprint density at radius 3 is 2.53 bits per heavy atom. The van der Waals surface area contributed by atoms with Crippen molar-refractivity contribution in [3.05, 3.63) is 0 Å². The zero-order valence-electron chi connectivity index (χ0n) is 11.8. The van der Waals surface area contributed by atoms with Crippen LogP contribution < -0.4 is 5.32 Å². The van der Waals surface area contributed by atoms with Crippen LogP contribution in [0.3, 0.4) is 0 Å². The third-order valence-corrected chi connectivity index (χ3v) is 4.01. The SMILES string of the molecule is CCCNC(C#N)(CN(C)C(C)CC)C1CC1. The van der Waals surface area contributed by atoms with Crippen molar-refractivity contribution in [1.29, 1.82) is 5.26 Å². The maximum Gasteiger partial charge on any atom is 0.122 e. The van der Waals surface area contributed by atoms with Gasteiger partial charge in [-0.1, -0.05) is 13.8 Å². The molecule has 17 heavy (non-hydrogen) atoms. The van der Waals surface area contributed by atoms with E-state index >= 15 is 0 Å². The number of nitrogens with zero attached hydrogens (tertiary/aromatic N) is 2. The van der Waals surface area contributed by atoms with Crippen molar-refractivity contribution < 1.29 is 0 Å². The lowest BCUT2D eigenvalue weighted by Gasteiger charge is -2.35. The van der Waals surface area contributed by atoms with E-state index in [0.717, 1.165) is 25.9 Å². The average Bonchev–Trinajstić information content (AvgIpc) is 3.17. The van der Waals surface area contributed by atoms with E-state index in [2.05, 4.69) is 44.1 Å². The van der Waals surface area contributed by atoms with Crippen LogP contribution in [0, 0.1) is 17.2 Å². The van der Waals surface area contributed by atoms with Crippen molar-refractivity contribution in [3.63, 3.8) is 0 Å². The molecule has 0 amide bonds. The quantitative estimate of drug-likeness (QED) is 0.704. The topological polar surface area (TPSA) is 39.1 Å². The first-order chi connectivity index (χ1) is 8.09. The lowest BCUT2D eigenvalue weighted by molar-refractivity contribution is 0.183. The third kappa shape index (κ3) is 3.69. The van der Waals surface area contributed by atoms with Crippen LogP contribution in [0.15, 0.2) is 0 Å². The van der Waals surface area contributed by atoms with E-state index in [9.17, 15) is 5.26 Å². The molecule has 1 aliphatic carbocycles. The van der Waals surface area contributed by atoms with E-state index in [4.69, 9.17) is 0 Å². The van der Waals surface area contributed by atoms with Gasteiger partial charge in [-0.15, -0.1) is 0 Å². The molecule has 1 fully saturated rings. The summed E-state index contributed by atoms with van der Waals surface area (Å²) in [5, 5.41) is 13.1. The van der Waals surface area contributed by atoms with Gasteiger partial charge in [0.2, 0.25) is 0 Å². The highest BCUT2D eigenvalue weighted by atomic mass is 15.2. The van der Waals surface area contributed by atoms with Crippen molar-refractivity contribution in [1.82, 2.24) is 10.2 Å². The van der Waals surface area contributed by atoms with Crippen molar-refractivity contribution in [3.8, 4) is 6.07 Å². The zero-order chi connectivity index (χ0) is 12.9. The molecule has 1 aliphatic rings. The number of hydrogen-bond acceptors (Lipinski definition) is 3. The van der Waals surface area contributed by atoms with Gasteiger partial charge >= 0.3 is 0 Å². The second-order valence-electron chi connectivity index (χ2n) is 5.46. The summed E-state index contributed by atoms with van der Waals surface area (Å²) in [6, 6.07) is 3.12. The Hall–Kier alpha value is -0.590. The van der Waals surface area contributed by atoms with Crippen LogP contribution in [-0.2, 0) is 0 Å². The molecule has 0 aromatic carbocycles. The Morgan fingerprint density at radius 1 is 1.47 bits per heavy atom. The van der Waals surface area contributed by atoms with Gasteiger partial charge < -0.3 is 4.90 Å². The molecule has 0 radical (unpaired) electrons. The maximum absolute atomic E-state index is 9.58. The van der Waals surface area contributed by atoms with E-state index < -0.39 is 0 Å². The standard InChI is InChI=1S/C14H27N3/c1-5-9-16-14(10-15,13-7-8-13)11-17(4)12(3)6-2/h12-13,16H,5-9,11H2,1-4H3. The van der Waals surface area contributed by atoms with Gasteiger partial charge in [-0.2, -0.15) is 5.26 Å². The Labute approximate surface area is 106 Å². The zero-order valence-corrected chi connectivity index (χ0v) is 11.8. The molecule has 0 heterocycles. The highest BCUT2D eigenvalue weighted by Crippen LogP contribution is 2.40. The highest BCUT2D eigenvalue weighted by molar-refractivity contribution is 5.16. The van der Waals surface area contributed by atoms with E-state index in [1.54, 1.807) is 0 Å². The predicted octanol–water partition coefficient (Wildman–Crippen LogP) is 2.39. The number of rotatable bonds is 8. The lowest BCUT2D eigenvalue weighted by Crippen LogP contribution is -2.55. The van der Waals surface area contributed by atoms with Crippen LogP contribution in [0.4, 0.5) is 0 Å². The van der Waals surface area contributed by atoms with Gasteiger partial charge in [-0.25, -0.2) is 0 Å². The van der Waals surface area contributed by atoms with Crippen molar-refractivity contribution >= 4 is 0 Å². The molecule has 1 saturated carbocycles. The first kappa shape index (κ1) is 14.5. The van der Waals surface area contributed by atoms with Gasteiger partial charge in [0.25, 0.3) is 0 Å². The van der Waals surface area contributed by atoms with Gasteiger partial charge in [0.15, 0.2) is 0 Å². The Morgan fingerprint density at radius 2 is 2.12 bits per heavy atom. The predicted molar refractivity (Wildman–Crippen MR) is 71.7 cm³/mol. The summed E-state index contributed by atoms with van der Waals surface area (Å²) in [6.45, 7) is 8.38. The van der Waals surface area contributed by atoms with Crippen LogP contribution in [0.25, 0.3) is 0 Å². The molecule has 0 aromatic heterocycles. The van der Waals surface area contributed by atoms with Gasteiger partial charge in [0.05, 0.1) is 6.07 Å². The minimum Gasteiger partial charge on any atom is -0.301 e. The van der Waals surface area contributed by atoms with E-state index in [1.165, 1.54) is 12.8 Å². The summed E-state index contributed by atoms with van der Waals surface area (Å²) in [5.41, 5.74) is -0.311. The molecule has 2 atom stereocenters. The monoisotopic (exact) mass is 237 g/mol. The van der Waals surface area contributed by atoms with E-state index in [0.29, 0.717) is 12.0 Å². The number of likely N-dealkylation sites (N-methyl/N-ethyl adjacent to an activating group) is 1. The first-order valence-corrected chi connectivity index (χ1v) is 6.96. The molecule has 3 heteroatoms. The van der Waals surface area contributed by atoms with Crippen molar-refractivity contribution in [2.45, 2.75) is 58.0 Å². The summed E-state index contributed by atoms with van der Waals surface area (Å²) < 4.78 is 0.